The normalized spacial score (nSPS) is 10.7. The van der Waals surface area contributed by atoms with E-state index in [0.717, 1.165) is 16.8 Å². The van der Waals surface area contributed by atoms with Gasteiger partial charge in [0.1, 0.15) is 5.82 Å². The molecule has 0 aliphatic heterocycles. The third-order valence-corrected chi connectivity index (χ3v) is 3.44. The number of anilines is 1. The van der Waals surface area contributed by atoms with Crippen LogP contribution in [-0.2, 0) is 11.3 Å². The Hall–Kier alpha value is -3.03. The molecule has 0 radical (unpaired) electrons. The maximum Gasteiger partial charge on any atom is 0.239 e. The summed E-state index contributed by atoms with van der Waals surface area (Å²) in [6.07, 6.45) is 0.236. The van der Waals surface area contributed by atoms with Gasteiger partial charge in [0.25, 0.3) is 0 Å². The minimum atomic E-state index is -0.187. The van der Waals surface area contributed by atoms with Crippen molar-refractivity contribution in [3.8, 4) is 11.1 Å². The predicted molar refractivity (Wildman–Crippen MR) is 82.5 cm³/mol. The molecule has 0 aliphatic carbocycles. The predicted octanol–water partition coefficient (Wildman–Crippen LogP) is 1.97. The van der Waals surface area contributed by atoms with Crippen molar-refractivity contribution in [2.75, 3.05) is 5.32 Å². The van der Waals surface area contributed by atoms with Crippen LogP contribution in [-0.4, -0.2) is 31.3 Å². The molecule has 1 aromatic carbocycles. The third-order valence-electron chi connectivity index (χ3n) is 3.44. The quantitative estimate of drug-likeness (QED) is 0.773. The summed E-state index contributed by atoms with van der Waals surface area (Å²) >= 11 is 0. The second-order valence-corrected chi connectivity index (χ2v) is 5.09. The van der Waals surface area contributed by atoms with E-state index in [0.29, 0.717) is 18.3 Å². The van der Waals surface area contributed by atoms with Crippen LogP contribution in [0.4, 0.5) is 5.88 Å². The Labute approximate surface area is 132 Å². The summed E-state index contributed by atoms with van der Waals surface area (Å²) in [6, 6.07) is 9.67. The van der Waals surface area contributed by atoms with Crippen molar-refractivity contribution in [2.24, 2.45) is 0 Å². The first-order valence-electron chi connectivity index (χ1n) is 7.19. The molecule has 0 saturated heterocycles. The first-order valence-corrected chi connectivity index (χ1v) is 7.19. The van der Waals surface area contributed by atoms with Gasteiger partial charge in [-0.2, -0.15) is 0 Å². The van der Waals surface area contributed by atoms with Gasteiger partial charge in [-0.15, -0.1) is 5.10 Å². The number of rotatable bonds is 5. The maximum absolute atomic E-state index is 12.1. The van der Waals surface area contributed by atoms with Crippen LogP contribution in [0, 0.1) is 13.8 Å². The van der Waals surface area contributed by atoms with Crippen LogP contribution in [0.15, 0.2) is 34.9 Å². The molecule has 23 heavy (non-hydrogen) atoms. The Balaban J connectivity index is 1.71. The van der Waals surface area contributed by atoms with E-state index in [9.17, 15) is 4.79 Å². The van der Waals surface area contributed by atoms with Gasteiger partial charge in [0, 0.05) is 6.42 Å². The van der Waals surface area contributed by atoms with Crippen molar-refractivity contribution in [1.82, 2.24) is 25.4 Å². The second-order valence-electron chi connectivity index (χ2n) is 5.09. The molecule has 3 aromatic rings. The molecule has 0 aliphatic rings. The minimum Gasteiger partial charge on any atom is -0.337 e. The average molecular weight is 312 g/mol. The molecule has 0 atom stereocenters. The fourth-order valence-corrected chi connectivity index (χ4v) is 2.25. The van der Waals surface area contributed by atoms with Gasteiger partial charge in [0.05, 0.1) is 17.8 Å². The van der Waals surface area contributed by atoms with E-state index in [-0.39, 0.29) is 12.3 Å². The Bertz CT molecular complexity index is 808. The van der Waals surface area contributed by atoms with Crippen molar-refractivity contribution >= 4 is 11.8 Å². The number of nitrogens with zero attached hydrogens (tertiary/aromatic N) is 5. The van der Waals surface area contributed by atoms with E-state index >= 15 is 0 Å². The molecule has 8 heteroatoms. The molecule has 0 bridgehead atoms. The highest BCUT2D eigenvalue weighted by Crippen LogP contribution is 2.31. The minimum absolute atomic E-state index is 0.187. The van der Waals surface area contributed by atoms with Crippen molar-refractivity contribution in [2.45, 2.75) is 26.8 Å². The summed E-state index contributed by atoms with van der Waals surface area (Å²) < 4.78 is 6.82. The van der Waals surface area contributed by atoms with Crippen LogP contribution in [0.5, 0.6) is 0 Å². The number of carbonyl (C=O) groups excluding carboxylic acids is 1. The summed E-state index contributed by atoms with van der Waals surface area (Å²) in [6.45, 7) is 4.02. The van der Waals surface area contributed by atoms with Gasteiger partial charge in [0.15, 0.2) is 0 Å². The van der Waals surface area contributed by atoms with Crippen molar-refractivity contribution in [3.05, 3.63) is 41.9 Å². The molecule has 2 aromatic heterocycles. The number of carbonyl (C=O) groups is 1. The zero-order valence-corrected chi connectivity index (χ0v) is 12.9. The Kier molecular flexibility index (Phi) is 4.13. The lowest BCUT2D eigenvalue weighted by molar-refractivity contribution is -0.116. The molecule has 2 heterocycles. The number of amides is 1. The number of tetrazole rings is 1. The maximum atomic E-state index is 12.1. The van der Waals surface area contributed by atoms with Crippen LogP contribution < -0.4 is 5.32 Å². The SMILES string of the molecule is Cc1noc(NC(=O)CCn2nnnc2C)c1-c1ccccc1. The smallest absolute Gasteiger partial charge is 0.239 e. The van der Waals surface area contributed by atoms with Gasteiger partial charge in [-0.1, -0.05) is 35.5 Å². The third kappa shape index (κ3) is 3.25. The van der Waals surface area contributed by atoms with Gasteiger partial charge < -0.3 is 4.52 Å². The summed E-state index contributed by atoms with van der Waals surface area (Å²) in [4.78, 5) is 12.1. The number of benzene rings is 1. The number of nitrogens with one attached hydrogen (secondary N) is 1. The molecule has 8 nitrogen and oxygen atoms in total. The van der Waals surface area contributed by atoms with Crippen LogP contribution >= 0.6 is 0 Å². The van der Waals surface area contributed by atoms with Crippen LogP contribution in [0.1, 0.15) is 17.9 Å². The fourth-order valence-electron chi connectivity index (χ4n) is 2.25. The standard InChI is InChI=1S/C15H16N6O2/c1-10-14(12-6-4-3-5-7-12)15(23-18-10)16-13(22)8-9-21-11(2)17-19-20-21/h3-7H,8-9H2,1-2H3,(H,16,22). The number of aromatic nitrogens is 5. The van der Waals surface area contributed by atoms with Gasteiger partial charge in [-0.3, -0.25) is 10.1 Å². The van der Waals surface area contributed by atoms with E-state index in [1.807, 2.05) is 37.3 Å². The van der Waals surface area contributed by atoms with Gasteiger partial charge in [-0.25, -0.2) is 4.68 Å². The zero-order valence-electron chi connectivity index (χ0n) is 12.9. The molecule has 1 N–H and O–H groups in total. The second kappa shape index (κ2) is 6.39. The highest BCUT2D eigenvalue weighted by Gasteiger charge is 2.17. The lowest BCUT2D eigenvalue weighted by atomic mass is 10.1. The van der Waals surface area contributed by atoms with E-state index < -0.39 is 0 Å². The van der Waals surface area contributed by atoms with Crippen molar-refractivity contribution in [1.29, 1.82) is 0 Å². The number of hydrogen-bond donors (Lipinski definition) is 1. The van der Waals surface area contributed by atoms with Gasteiger partial charge in [0.2, 0.25) is 11.8 Å². The van der Waals surface area contributed by atoms with Crippen LogP contribution in [0.2, 0.25) is 0 Å². The molecule has 0 saturated carbocycles. The highest BCUT2D eigenvalue weighted by atomic mass is 16.5. The molecule has 118 valence electrons. The fraction of sp³-hybridized carbons (Fsp3) is 0.267. The molecular formula is C15H16N6O2. The molecule has 0 fully saturated rings. The first kappa shape index (κ1) is 14.9. The van der Waals surface area contributed by atoms with Gasteiger partial charge in [-0.05, 0) is 29.8 Å². The highest BCUT2D eigenvalue weighted by molar-refractivity contribution is 5.93. The molecule has 0 spiro atoms. The van der Waals surface area contributed by atoms with Crippen molar-refractivity contribution < 1.29 is 9.32 Å². The number of aryl methyl sites for hydroxylation is 3. The van der Waals surface area contributed by atoms with Crippen molar-refractivity contribution in [3.63, 3.8) is 0 Å². The molecule has 0 unspecified atom stereocenters. The van der Waals surface area contributed by atoms with Gasteiger partial charge >= 0.3 is 0 Å². The van der Waals surface area contributed by atoms with E-state index in [2.05, 4.69) is 26.0 Å². The molecule has 3 rings (SSSR count). The Morgan fingerprint density at radius 2 is 2.04 bits per heavy atom. The Morgan fingerprint density at radius 3 is 2.74 bits per heavy atom. The van der Waals surface area contributed by atoms with Crippen LogP contribution in [0.25, 0.3) is 11.1 Å². The van der Waals surface area contributed by atoms with E-state index in [4.69, 9.17) is 4.52 Å². The number of hydrogen-bond acceptors (Lipinski definition) is 6. The average Bonchev–Trinajstić information content (AvgIpc) is 3.12. The largest absolute Gasteiger partial charge is 0.337 e. The lowest BCUT2D eigenvalue weighted by Gasteiger charge is -2.05. The topological polar surface area (TPSA) is 98.7 Å². The summed E-state index contributed by atoms with van der Waals surface area (Å²) in [5.74, 6) is 0.832. The van der Waals surface area contributed by atoms with E-state index in [1.54, 1.807) is 11.6 Å². The Morgan fingerprint density at radius 1 is 1.26 bits per heavy atom. The summed E-state index contributed by atoms with van der Waals surface area (Å²) in [5, 5.41) is 17.8. The first-order chi connectivity index (χ1) is 11.1. The summed E-state index contributed by atoms with van der Waals surface area (Å²) in [7, 11) is 0. The molecular weight excluding hydrogens is 296 g/mol. The lowest BCUT2D eigenvalue weighted by Crippen LogP contribution is -2.15. The van der Waals surface area contributed by atoms with E-state index in [1.165, 1.54) is 0 Å². The monoisotopic (exact) mass is 312 g/mol. The zero-order chi connectivity index (χ0) is 16.2. The molecule has 1 amide bonds. The summed E-state index contributed by atoms with van der Waals surface area (Å²) in [5.41, 5.74) is 2.46. The van der Waals surface area contributed by atoms with Crippen LogP contribution in [0.3, 0.4) is 0 Å².